The molecule has 2 aromatic carbocycles. The van der Waals surface area contributed by atoms with Crippen molar-refractivity contribution in [1.82, 2.24) is 5.32 Å². The number of para-hydroxylation sites is 1. The van der Waals surface area contributed by atoms with Crippen LogP contribution >= 0.6 is 0 Å². The highest BCUT2D eigenvalue weighted by Crippen LogP contribution is 2.42. The van der Waals surface area contributed by atoms with Crippen molar-refractivity contribution < 1.29 is 37.8 Å². The molecule has 0 bridgehead atoms. The smallest absolute Gasteiger partial charge is 0.401 e. The van der Waals surface area contributed by atoms with Gasteiger partial charge in [0, 0.05) is 12.1 Å². The molecule has 9 nitrogen and oxygen atoms in total. The Morgan fingerprint density at radius 1 is 1.07 bits per heavy atom. The van der Waals surface area contributed by atoms with Crippen LogP contribution in [-0.4, -0.2) is 53.0 Å². The second-order valence-corrected chi connectivity index (χ2v) is 10.8. The molecule has 0 radical (unpaired) electrons. The first kappa shape index (κ1) is 30.8. The molecule has 2 unspecified atom stereocenters. The number of aromatic hydroxyl groups is 1. The number of carbonyl (C=O) groups is 3. The zero-order chi connectivity index (χ0) is 30.8. The standard InChI is InChI=1S/C30H33F3N4O5/c1-16-10-11-21(12-17(16)2)37-27(39)23(14-34-15-30(31,32)33)18(3)25(28(37)40)36-35-24-9-5-8-22(26(24)38)19-6-4-7-20(13-19)29(41)42/h5,8-12,19-20,34-35,38H,4,6-7,13-15H2,1-3H3,(H,41,42). The second kappa shape index (κ2) is 12.4. The summed E-state index contributed by atoms with van der Waals surface area (Å²) in [5.74, 6) is -3.25. The molecule has 1 saturated carbocycles. The SMILES string of the molecule is CC1=C(CNCC(F)(F)F)C(=O)N(c2ccc(C)c(C)c2)C(=O)C1=NNc1cccc(C2CCCC(C(=O)O)C2)c1O. The Bertz CT molecular complexity index is 1470. The quantitative estimate of drug-likeness (QED) is 0.191. The van der Waals surface area contributed by atoms with Crippen LogP contribution in [-0.2, 0) is 14.4 Å². The van der Waals surface area contributed by atoms with Crippen LogP contribution in [0.4, 0.5) is 24.5 Å². The van der Waals surface area contributed by atoms with E-state index in [2.05, 4.69) is 15.8 Å². The number of aryl methyl sites for hydroxylation is 2. The number of phenols is 1. The summed E-state index contributed by atoms with van der Waals surface area (Å²) >= 11 is 0. The molecule has 12 heteroatoms. The summed E-state index contributed by atoms with van der Waals surface area (Å²) in [4.78, 5) is 39.5. The molecular weight excluding hydrogens is 553 g/mol. The summed E-state index contributed by atoms with van der Waals surface area (Å²) in [6, 6.07) is 9.87. The third-order valence-electron chi connectivity index (χ3n) is 7.87. The molecule has 1 heterocycles. The van der Waals surface area contributed by atoms with Crippen LogP contribution in [0.3, 0.4) is 0 Å². The van der Waals surface area contributed by atoms with Crippen LogP contribution in [0, 0.1) is 19.8 Å². The van der Waals surface area contributed by atoms with Gasteiger partial charge >= 0.3 is 12.1 Å². The van der Waals surface area contributed by atoms with Gasteiger partial charge in [-0.05, 0) is 86.4 Å². The lowest BCUT2D eigenvalue weighted by molar-refractivity contribution is -0.143. The second-order valence-electron chi connectivity index (χ2n) is 10.8. The first-order chi connectivity index (χ1) is 19.8. The van der Waals surface area contributed by atoms with E-state index < -0.39 is 43.0 Å². The average molecular weight is 587 g/mol. The number of carbonyl (C=O) groups excluding carboxylic acids is 2. The summed E-state index contributed by atoms with van der Waals surface area (Å²) < 4.78 is 38.5. The lowest BCUT2D eigenvalue weighted by atomic mass is 9.77. The Kier molecular flexibility index (Phi) is 9.05. The molecule has 0 aromatic heterocycles. The number of rotatable bonds is 8. The van der Waals surface area contributed by atoms with Crippen LogP contribution in [0.15, 0.2) is 52.6 Å². The largest absolute Gasteiger partial charge is 0.505 e. The third kappa shape index (κ3) is 6.64. The molecule has 0 saturated heterocycles. The number of hydrogen-bond donors (Lipinski definition) is 4. The fourth-order valence-corrected chi connectivity index (χ4v) is 5.36. The molecule has 2 amide bonds. The van der Waals surface area contributed by atoms with E-state index in [1.807, 2.05) is 13.8 Å². The van der Waals surface area contributed by atoms with Gasteiger partial charge < -0.3 is 15.5 Å². The number of aliphatic carboxylic acids is 1. The number of imide groups is 1. The van der Waals surface area contributed by atoms with Gasteiger partial charge in [0.05, 0.1) is 23.8 Å². The number of anilines is 2. The van der Waals surface area contributed by atoms with Gasteiger partial charge in [0.15, 0.2) is 5.71 Å². The normalized spacial score (nSPS) is 20.8. The predicted molar refractivity (Wildman–Crippen MR) is 152 cm³/mol. The molecule has 1 aliphatic carbocycles. The minimum Gasteiger partial charge on any atom is -0.505 e. The molecule has 224 valence electrons. The van der Waals surface area contributed by atoms with Gasteiger partial charge in [0.25, 0.3) is 11.8 Å². The number of amides is 2. The van der Waals surface area contributed by atoms with Crippen LogP contribution in [0.25, 0.3) is 0 Å². The van der Waals surface area contributed by atoms with Gasteiger partial charge in [-0.25, -0.2) is 4.90 Å². The Hall–Kier alpha value is -4.19. The predicted octanol–water partition coefficient (Wildman–Crippen LogP) is 5.18. The Morgan fingerprint density at radius 2 is 1.81 bits per heavy atom. The summed E-state index contributed by atoms with van der Waals surface area (Å²) in [6.45, 7) is 3.32. The first-order valence-corrected chi connectivity index (χ1v) is 13.6. The van der Waals surface area contributed by atoms with Crippen LogP contribution in [0.1, 0.15) is 55.2 Å². The maximum Gasteiger partial charge on any atom is 0.401 e. The Balaban J connectivity index is 1.69. The molecule has 2 aromatic rings. The van der Waals surface area contributed by atoms with Crippen molar-refractivity contribution in [3.8, 4) is 5.75 Å². The number of hydrazone groups is 1. The number of benzene rings is 2. The number of phenolic OH excluding ortho intramolecular Hbond substituents is 1. The Morgan fingerprint density at radius 3 is 2.48 bits per heavy atom. The molecular formula is C30H33F3N4O5. The topological polar surface area (TPSA) is 131 Å². The van der Waals surface area contributed by atoms with Crippen molar-refractivity contribution in [3.05, 3.63) is 64.2 Å². The molecule has 2 aliphatic rings. The van der Waals surface area contributed by atoms with E-state index in [-0.39, 0.29) is 39.9 Å². The summed E-state index contributed by atoms with van der Waals surface area (Å²) in [5.41, 5.74) is 5.22. The summed E-state index contributed by atoms with van der Waals surface area (Å²) in [7, 11) is 0. The molecule has 2 atom stereocenters. The fraction of sp³-hybridized carbons (Fsp3) is 0.400. The van der Waals surface area contributed by atoms with E-state index in [0.717, 1.165) is 16.0 Å². The van der Waals surface area contributed by atoms with Crippen molar-refractivity contribution in [1.29, 1.82) is 0 Å². The lowest BCUT2D eigenvalue weighted by Gasteiger charge is -2.29. The minimum absolute atomic E-state index is 0.0579. The number of halogens is 3. The van der Waals surface area contributed by atoms with Gasteiger partial charge in [0.1, 0.15) is 5.75 Å². The number of carboxylic acids is 1. The highest BCUT2D eigenvalue weighted by molar-refractivity contribution is 6.57. The van der Waals surface area contributed by atoms with E-state index in [1.165, 1.54) is 13.0 Å². The van der Waals surface area contributed by atoms with Gasteiger partial charge in [0.2, 0.25) is 0 Å². The molecule has 4 rings (SSSR count). The number of alkyl halides is 3. The van der Waals surface area contributed by atoms with Crippen molar-refractivity contribution in [3.63, 3.8) is 0 Å². The van der Waals surface area contributed by atoms with E-state index in [9.17, 15) is 37.8 Å². The van der Waals surface area contributed by atoms with Crippen LogP contribution < -0.4 is 15.6 Å². The van der Waals surface area contributed by atoms with Gasteiger partial charge in [-0.15, -0.1) is 0 Å². The molecule has 4 N–H and O–H groups in total. The number of nitrogens with zero attached hydrogens (tertiary/aromatic N) is 2. The van der Waals surface area contributed by atoms with E-state index >= 15 is 0 Å². The van der Waals surface area contributed by atoms with Crippen molar-refractivity contribution in [2.75, 3.05) is 23.4 Å². The van der Waals surface area contributed by atoms with E-state index in [0.29, 0.717) is 31.2 Å². The van der Waals surface area contributed by atoms with Gasteiger partial charge in [-0.2, -0.15) is 18.3 Å². The van der Waals surface area contributed by atoms with Crippen LogP contribution in [0.5, 0.6) is 5.75 Å². The van der Waals surface area contributed by atoms with Crippen LogP contribution in [0.2, 0.25) is 0 Å². The molecule has 42 heavy (non-hydrogen) atoms. The first-order valence-electron chi connectivity index (χ1n) is 13.6. The summed E-state index contributed by atoms with van der Waals surface area (Å²) in [6.07, 6.45) is -2.14. The molecule has 1 aliphatic heterocycles. The zero-order valence-electron chi connectivity index (χ0n) is 23.5. The minimum atomic E-state index is -4.50. The van der Waals surface area contributed by atoms with Crippen molar-refractivity contribution in [2.24, 2.45) is 11.0 Å². The Labute approximate surface area is 241 Å². The monoisotopic (exact) mass is 586 g/mol. The molecule has 1 fully saturated rings. The third-order valence-corrected chi connectivity index (χ3v) is 7.87. The zero-order valence-corrected chi connectivity index (χ0v) is 23.5. The van der Waals surface area contributed by atoms with E-state index in [1.54, 1.807) is 30.3 Å². The number of nitrogens with one attached hydrogen (secondary N) is 2. The van der Waals surface area contributed by atoms with E-state index in [4.69, 9.17) is 0 Å². The number of carboxylic acid groups (broad SMARTS) is 1. The maximum absolute atomic E-state index is 13.6. The van der Waals surface area contributed by atoms with Crippen molar-refractivity contribution in [2.45, 2.75) is 58.5 Å². The highest BCUT2D eigenvalue weighted by Gasteiger charge is 2.38. The lowest BCUT2D eigenvalue weighted by Crippen LogP contribution is -2.49. The maximum atomic E-state index is 13.6. The van der Waals surface area contributed by atoms with Gasteiger partial charge in [-0.1, -0.05) is 24.6 Å². The van der Waals surface area contributed by atoms with Crippen molar-refractivity contribution >= 4 is 34.9 Å². The average Bonchev–Trinajstić information content (AvgIpc) is 2.92. The summed E-state index contributed by atoms with van der Waals surface area (Å²) in [5, 5.41) is 26.9. The fourth-order valence-electron chi connectivity index (χ4n) is 5.36. The highest BCUT2D eigenvalue weighted by atomic mass is 19.4. The number of hydrogen-bond acceptors (Lipinski definition) is 7. The van der Waals surface area contributed by atoms with Gasteiger partial charge in [-0.3, -0.25) is 19.8 Å². The molecule has 0 spiro atoms.